The van der Waals surface area contributed by atoms with Crippen molar-refractivity contribution >= 4 is 0 Å². The van der Waals surface area contributed by atoms with Crippen molar-refractivity contribution in [2.45, 2.75) is 25.7 Å². The molecule has 4 nitrogen and oxygen atoms in total. The van der Waals surface area contributed by atoms with Crippen LogP contribution in [0, 0.1) is 0 Å². The quantitative estimate of drug-likeness (QED) is 0.726. The first kappa shape index (κ1) is 14.8. The van der Waals surface area contributed by atoms with Crippen LogP contribution in [-0.2, 0) is 17.6 Å². The minimum absolute atomic E-state index is 0.747. The Kier molecular flexibility index (Phi) is 5.77. The van der Waals surface area contributed by atoms with Gasteiger partial charge in [-0.3, -0.25) is 0 Å². The molecule has 0 aliphatic rings. The van der Waals surface area contributed by atoms with Crippen LogP contribution in [0.15, 0.2) is 30.5 Å². The average molecular weight is 273 g/mol. The Balaban J connectivity index is 1.97. The minimum Gasteiger partial charge on any atom is -0.384 e. The van der Waals surface area contributed by atoms with Crippen LogP contribution >= 0.6 is 0 Å². The molecular formula is C16H23N3O. The molecule has 2 rings (SSSR count). The van der Waals surface area contributed by atoms with Crippen LogP contribution in [0.2, 0.25) is 0 Å². The number of rotatable bonds is 8. The highest BCUT2D eigenvalue weighted by atomic mass is 16.5. The summed E-state index contributed by atoms with van der Waals surface area (Å²) in [6, 6.07) is 8.54. The van der Waals surface area contributed by atoms with E-state index in [1.54, 1.807) is 7.11 Å². The van der Waals surface area contributed by atoms with Crippen molar-refractivity contribution in [2.24, 2.45) is 5.73 Å². The number of H-pyrrole nitrogens is 1. The van der Waals surface area contributed by atoms with Gasteiger partial charge in [0.15, 0.2) is 0 Å². The van der Waals surface area contributed by atoms with Gasteiger partial charge in [0.2, 0.25) is 0 Å². The number of hydrogen-bond donors (Lipinski definition) is 2. The average Bonchev–Trinajstić information content (AvgIpc) is 2.95. The molecule has 0 amide bonds. The molecule has 0 spiro atoms. The van der Waals surface area contributed by atoms with Crippen LogP contribution in [-0.4, -0.2) is 30.2 Å². The summed E-state index contributed by atoms with van der Waals surface area (Å²) in [5.41, 5.74) is 9.03. The summed E-state index contributed by atoms with van der Waals surface area (Å²) in [5, 5.41) is 0. The first-order chi connectivity index (χ1) is 9.83. The zero-order chi connectivity index (χ0) is 14.2. The van der Waals surface area contributed by atoms with Crippen molar-refractivity contribution < 1.29 is 4.74 Å². The SMILES string of the molecule is COCCc1ccc(-c2cnc(CCCCN)[nH]2)cc1. The number of unbranched alkanes of at least 4 members (excludes halogenated alkanes) is 1. The number of nitrogens with one attached hydrogen (secondary N) is 1. The number of benzene rings is 1. The monoisotopic (exact) mass is 273 g/mol. The Bertz CT molecular complexity index is 505. The van der Waals surface area contributed by atoms with Gasteiger partial charge < -0.3 is 15.5 Å². The molecule has 1 heterocycles. The molecule has 108 valence electrons. The second-order valence-electron chi connectivity index (χ2n) is 4.93. The lowest BCUT2D eigenvalue weighted by atomic mass is 10.1. The Morgan fingerprint density at radius 1 is 1.15 bits per heavy atom. The van der Waals surface area contributed by atoms with Gasteiger partial charge in [-0.2, -0.15) is 0 Å². The predicted molar refractivity (Wildman–Crippen MR) is 81.6 cm³/mol. The fraction of sp³-hybridized carbons (Fsp3) is 0.438. The number of nitrogens with two attached hydrogens (primary N) is 1. The number of methoxy groups -OCH3 is 1. The van der Waals surface area contributed by atoms with Gasteiger partial charge in [-0.25, -0.2) is 4.98 Å². The molecule has 3 N–H and O–H groups in total. The van der Waals surface area contributed by atoms with E-state index in [0.29, 0.717) is 0 Å². The van der Waals surface area contributed by atoms with Gasteiger partial charge in [0.05, 0.1) is 18.5 Å². The summed E-state index contributed by atoms with van der Waals surface area (Å²) < 4.78 is 5.09. The lowest BCUT2D eigenvalue weighted by Gasteiger charge is -2.02. The Morgan fingerprint density at radius 3 is 2.65 bits per heavy atom. The van der Waals surface area contributed by atoms with E-state index in [0.717, 1.165) is 50.4 Å². The number of aromatic nitrogens is 2. The standard InChI is InChI=1S/C16H23N3O/c1-20-11-9-13-5-7-14(8-6-13)15-12-18-16(19-15)4-2-3-10-17/h5-8,12H,2-4,9-11,17H2,1H3,(H,18,19). The molecule has 0 radical (unpaired) electrons. The highest BCUT2D eigenvalue weighted by Gasteiger charge is 2.03. The third kappa shape index (κ3) is 4.18. The minimum atomic E-state index is 0.747. The van der Waals surface area contributed by atoms with E-state index >= 15 is 0 Å². The molecule has 0 atom stereocenters. The molecule has 4 heteroatoms. The Hall–Kier alpha value is -1.65. The van der Waals surface area contributed by atoms with Gasteiger partial charge >= 0.3 is 0 Å². The van der Waals surface area contributed by atoms with E-state index < -0.39 is 0 Å². The van der Waals surface area contributed by atoms with Crippen LogP contribution in [0.25, 0.3) is 11.3 Å². The van der Waals surface area contributed by atoms with E-state index in [2.05, 4.69) is 34.2 Å². The van der Waals surface area contributed by atoms with Crippen LogP contribution < -0.4 is 5.73 Å². The third-order valence-corrected chi connectivity index (χ3v) is 3.36. The van der Waals surface area contributed by atoms with Gasteiger partial charge in [0.1, 0.15) is 5.82 Å². The lowest BCUT2D eigenvalue weighted by Crippen LogP contribution is -1.99. The van der Waals surface area contributed by atoms with Crippen molar-refractivity contribution in [1.82, 2.24) is 9.97 Å². The van der Waals surface area contributed by atoms with Gasteiger partial charge in [0, 0.05) is 13.5 Å². The first-order valence-electron chi connectivity index (χ1n) is 7.15. The van der Waals surface area contributed by atoms with E-state index in [1.165, 1.54) is 11.1 Å². The smallest absolute Gasteiger partial charge is 0.106 e. The van der Waals surface area contributed by atoms with Crippen molar-refractivity contribution in [2.75, 3.05) is 20.3 Å². The molecule has 1 aromatic carbocycles. The molecule has 1 aromatic heterocycles. The topological polar surface area (TPSA) is 63.9 Å². The van der Waals surface area contributed by atoms with E-state index in [9.17, 15) is 0 Å². The van der Waals surface area contributed by atoms with Gasteiger partial charge in [-0.15, -0.1) is 0 Å². The summed E-state index contributed by atoms with van der Waals surface area (Å²) in [6.45, 7) is 1.51. The van der Waals surface area contributed by atoms with Crippen LogP contribution in [0.3, 0.4) is 0 Å². The Labute approximate surface area is 120 Å². The molecule has 0 aliphatic heterocycles. The number of nitrogens with zero attached hydrogens (tertiary/aromatic N) is 1. The summed E-state index contributed by atoms with van der Waals surface area (Å²) in [6.07, 6.45) is 5.94. The number of ether oxygens (including phenoxy) is 1. The first-order valence-corrected chi connectivity index (χ1v) is 7.15. The molecule has 20 heavy (non-hydrogen) atoms. The molecule has 0 saturated carbocycles. The summed E-state index contributed by atoms with van der Waals surface area (Å²) in [4.78, 5) is 7.79. The zero-order valence-electron chi connectivity index (χ0n) is 12.1. The van der Waals surface area contributed by atoms with Crippen molar-refractivity contribution in [3.8, 4) is 11.3 Å². The molecule has 0 bridgehead atoms. The number of aromatic amines is 1. The van der Waals surface area contributed by atoms with Crippen molar-refractivity contribution in [3.05, 3.63) is 41.9 Å². The zero-order valence-corrected chi connectivity index (χ0v) is 12.1. The summed E-state index contributed by atoms with van der Waals surface area (Å²) >= 11 is 0. The van der Waals surface area contributed by atoms with Gasteiger partial charge in [-0.05, 0) is 36.9 Å². The van der Waals surface area contributed by atoms with Crippen molar-refractivity contribution in [1.29, 1.82) is 0 Å². The molecule has 0 fully saturated rings. The van der Waals surface area contributed by atoms with Crippen LogP contribution in [0.1, 0.15) is 24.2 Å². The fourth-order valence-corrected chi connectivity index (χ4v) is 2.14. The number of imidazole rings is 1. The highest BCUT2D eigenvalue weighted by Crippen LogP contribution is 2.18. The maximum Gasteiger partial charge on any atom is 0.106 e. The van der Waals surface area contributed by atoms with E-state index in [4.69, 9.17) is 10.5 Å². The highest BCUT2D eigenvalue weighted by molar-refractivity contribution is 5.58. The largest absolute Gasteiger partial charge is 0.384 e. The van der Waals surface area contributed by atoms with Gasteiger partial charge in [0.25, 0.3) is 0 Å². The molecule has 0 saturated heterocycles. The summed E-state index contributed by atoms with van der Waals surface area (Å²) in [7, 11) is 1.73. The van der Waals surface area contributed by atoms with Gasteiger partial charge in [-0.1, -0.05) is 24.3 Å². The Morgan fingerprint density at radius 2 is 1.95 bits per heavy atom. The molecular weight excluding hydrogens is 250 g/mol. The van der Waals surface area contributed by atoms with Crippen molar-refractivity contribution in [3.63, 3.8) is 0 Å². The molecule has 0 unspecified atom stereocenters. The summed E-state index contributed by atoms with van der Waals surface area (Å²) in [5.74, 6) is 1.04. The van der Waals surface area contributed by atoms with Crippen LogP contribution in [0.5, 0.6) is 0 Å². The lowest BCUT2D eigenvalue weighted by molar-refractivity contribution is 0.202. The number of hydrogen-bond acceptors (Lipinski definition) is 3. The van der Waals surface area contributed by atoms with E-state index in [-0.39, 0.29) is 0 Å². The molecule has 0 aliphatic carbocycles. The van der Waals surface area contributed by atoms with Crippen LogP contribution in [0.4, 0.5) is 0 Å². The third-order valence-electron chi connectivity index (χ3n) is 3.36. The van der Waals surface area contributed by atoms with E-state index in [1.807, 2.05) is 6.20 Å². The maximum atomic E-state index is 5.50. The predicted octanol–water partition coefficient (Wildman–Crippen LogP) is 2.55. The second-order valence-corrected chi connectivity index (χ2v) is 4.93. The maximum absolute atomic E-state index is 5.50. The molecule has 2 aromatic rings. The fourth-order valence-electron chi connectivity index (χ4n) is 2.14. The second kappa shape index (κ2) is 7.82. The normalized spacial score (nSPS) is 10.9. The number of aryl methyl sites for hydroxylation is 1.